The Kier molecular flexibility index (Phi) is 5.59. The zero-order chi connectivity index (χ0) is 19.3. The van der Waals surface area contributed by atoms with Gasteiger partial charge in [-0.05, 0) is 77.3 Å². The van der Waals surface area contributed by atoms with Crippen LogP contribution in [0.25, 0.3) is 21.5 Å². The molecule has 0 radical (unpaired) electrons. The molecule has 0 aromatic heterocycles. The van der Waals surface area contributed by atoms with Crippen molar-refractivity contribution in [3.05, 3.63) is 90.0 Å². The second-order valence-corrected chi connectivity index (χ2v) is 7.49. The lowest BCUT2D eigenvalue weighted by Gasteiger charge is -2.18. The van der Waals surface area contributed by atoms with Gasteiger partial charge in [0.25, 0.3) is 0 Å². The molecule has 142 valence electrons. The van der Waals surface area contributed by atoms with Gasteiger partial charge in [0.1, 0.15) is 5.75 Å². The standard InChI is InChI=1S/C26H27NO/c1-27(19-20-13-15-23(28-2)16-14-20)17-7-12-26-24-10-5-3-8-21(24)18-22-9-4-6-11-25(22)26/h3-6,8-11,13-16,18H,7,12,17,19H2,1-2H3. The van der Waals surface area contributed by atoms with Gasteiger partial charge in [-0.3, -0.25) is 0 Å². The Labute approximate surface area is 167 Å². The van der Waals surface area contributed by atoms with E-state index in [0.717, 1.165) is 31.7 Å². The van der Waals surface area contributed by atoms with Gasteiger partial charge in [-0.25, -0.2) is 0 Å². The van der Waals surface area contributed by atoms with Crippen molar-refractivity contribution in [3.63, 3.8) is 0 Å². The van der Waals surface area contributed by atoms with E-state index in [0.29, 0.717) is 0 Å². The molecule has 0 fully saturated rings. The number of hydrogen-bond acceptors (Lipinski definition) is 2. The van der Waals surface area contributed by atoms with Gasteiger partial charge >= 0.3 is 0 Å². The zero-order valence-electron chi connectivity index (χ0n) is 16.7. The van der Waals surface area contributed by atoms with Crippen LogP contribution in [0.3, 0.4) is 0 Å². The largest absolute Gasteiger partial charge is 0.497 e. The fourth-order valence-electron chi connectivity index (χ4n) is 4.02. The number of rotatable bonds is 7. The molecule has 0 aliphatic carbocycles. The molecular formula is C26H27NO. The molecule has 0 heterocycles. The highest BCUT2D eigenvalue weighted by Crippen LogP contribution is 2.29. The summed E-state index contributed by atoms with van der Waals surface area (Å²) < 4.78 is 5.24. The minimum atomic E-state index is 0.911. The van der Waals surface area contributed by atoms with Crippen molar-refractivity contribution in [2.45, 2.75) is 19.4 Å². The SMILES string of the molecule is COc1ccc(CN(C)CCCc2c3ccccc3cc3ccccc23)cc1. The Morgan fingerprint density at radius 1 is 0.786 bits per heavy atom. The van der Waals surface area contributed by atoms with Crippen LogP contribution in [0.5, 0.6) is 5.75 Å². The third-order valence-corrected chi connectivity index (χ3v) is 5.46. The third kappa shape index (κ3) is 4.02. The summed E-state index contributed by atoms with van der Waals surface area (Å²) in [5.41, 5.74) is 2.80. The number of nitrogens with zero attached hydrogens (tertiary/aromatic N) is 1. The van der Waals surface area contributed by atoms with Gasteiger partial charge in [0.2, 0.25) is 0 Å². The van der Waals surface area contributed by atoms with Crippen molar-refractivity contribution >= 4 is 21.5 Å². The maximum absolute atomic E-state index is 5.24. The molecule has 0 bridgehead atoms. The lowest BCUT2D eigenvalue weighted by atomic mass is 9.94. The summed E-state index contributed by atoms with van der Waals surface area (Å²) >= 11 is 0. The topological polar surface area (TPSA) is 12.5 Å². The van der Waals surface area contributed by atoms with Crippen molar-refractivity contribution in [2.75, 3.05) is 20.7 Å². The highest BCUT2D eigenvalue weighted by atomic mass is 16.5. The molecule has 0 atom stereocenters. The second-order valence-electron chi connectivity index (χ2n) is 7.49. The number of fused-ring (bicyclic) bond motifs is 2. The summed E-state index contributed by atoms with van der Waals surface area (Å²) in [5, 5.41) is 5.45. The van der Waals surface area contributed by atoms with E-state index in [1.165, 1.54) is 32.7 Å². The zero-order valence-corrected chi connectivity index (χ0v) is 16.7. The van der Waals surface area contributed by atoms with E-state index in [1.54, 1.807) is 7.11 Å². The highest BCUT2D eigenvalue weighted by molar-refractivity contribution is 6.02. The Balaban J connectivity index is 1.47. The molecule has 0 aliphatic heterocycles. The van der Waals surface area contributed by atoms with Crippen molar-refractivity contribution in [2.24, 2.45) is 0 Å². The summed E-state index contributed by atoms with van der Waals surface area (Å²) in [6, 6.07) is 28.2. The van der Waals surface area contributed by atoms with E-state index in [9.17, 15) is 0 Å². The van der Waals surface area contributed by atoms with Crippen LogP contribution in [0.2, 0.25) is 0 Å². The number of aryl methyl sites for hydroxylation is 1. The van der Waals surface area contributed by atoms with Crippen molar-refractivity contribution in [1.29, 1.82) is 0 Å². The highest BCUT2D eigenvalue weighted by Gasteiger charge is 2.08. The van der Waals surface area contributed by atoms with Crippen LogP contribution in [0.1, 0.15) is 17.5 Å². The van der Waals surface area contributed by atoms with Crippen LogP contribution in [0.4, 0.5) is 0 Å². The van der Waals surface area contributed by atoms with E-state index >= 15 is 0 Å². The Hall–Kier alpha value is -2.84. The molecule has 0 amide bonds. The molecule has 2 nitrogen and oxygen atoms in total. The quantitative estimate of drug-likeness (QED) is 0.367. The predicted octanol–water partition coefficient (Wildman–Crippen LogP) is 6.07. The number of methoxy groups -OCH3 is 1. The lowest BCUT2D eigenvalue weighted by Crippen LogP contribution is -2.19. The first kappa shape index (κ1) is 18.5. The predicted molar refractivity (Wildman–Crippen MR) is 119 cm³/mol. The average molecular weight is 370 g/mol. The van der Waals surface area contributed by atoms with Crippen LogP contribution in [0, 0.1) is 0 Å². The number of hydrogen-bond donors (Lipinski definition) is 0. The van der Waals surface area contributed by atoms with Gasteiger partial charge in [-0.2, -0.15) is 0 Å². The van der Waals surface area contributed by atoms with Crippen LogP contribution in [0.15, 0.2) is 78.9 Å². The first-order chi connectivity index (χ1) is 13.7. The molecule has 0 spiro atoms. The molecule has 4 aromatic carbocycles. The van der Waals surface area contributed by atoms with Gasteiger partial charge < -0.3 is 9.64 Å². The van der Waals surface area contributed by atoms with Crippen molar-refractivity contribution in [1.82, 2.24) is 4.90 Å². The molecule has 0 unspecified atom stereocenters. The lowest BCUT2D eigenvalue weighted by molar-refractivity contribution is 0.322. The molecule has 2 heteroatoms. The summed E-state index contributed by atoms with van der Waals surface area (Å²) in [6.07, 6.45) is 2.24. The van der Waals surface area contributed by atoms with Crippen molar-refractivity contribution in [3.8, 4) is 5.75 Å². The van der Waals surface area contributed by atoms with E-state index in [2.05, 4.69) is 78.7 Å². The summed E-state index contributed by atoms with van der Waals surface area (Å²) in [7, 11) is 3.91. The first-order valence-corrected chi connectivity index (χ1v) is 9.95. The Bertz CT molecular complexity index is 1010. The van der Waals surface area contributed by atoms with Gasteiger partial charge in [0.15, 0.2) is 0 Å². The van der Waals surface area contributed by atoms with Gasteiger partial charge in [0.05, 0.1) is 7.11 Å². The van der Waals surface area contributed by atoms with E-state index in [1.807, 2.05) is 12.1 Å². The van der Waals surface area contributed by atoms with Gasteiger partial charge in [0, 0.05) is 6.54 Å². The summed E-state index contributed by atoms with van der Waals surface area (Å²) in [4.78, 5) is 2.40. The minimum Gasteiger partial charge on any atom is -0.497 e. The van der Waals surface area contributed by atoms with E-state index < -0.39 is 0 Å². The van der Waals surface area contributed by atoms with Crippen molar-refractivity contribution < 1.29 is 4.74 Å². The Morgan fingerprint density at radius 2 is 1.39 bits per heavy atom. The first-order valence-electron chi connectivity index (χ1n) is 9.95. The normalized spacial score (nSPS) is 11.4. The molecule has 0 aliphatic rings. The fourth-order valence-corrected chi connectivity index (χ4v) is 4.02. The molecule has 4 aromatic rings. The number of ether oxygens (including phenoxy) is 1. The molecule has 28 heavy (non-hydrogen) atoms. The minimum absolute atomic E-state index is 0.911. The summed E-state index contributed by atoms with van der Waals surface area (Å²) in [5.74, 6) is 0.911. The van der Waals surface area contributed by atoms with E-state index in [4.69, 9.17) is 4.74 Å². The monoisotopic (exact) mass is 369 g/mol. The number of benzene rings is 4. The molecule has 0 saturated carbocycles. The molecular weight excluding hydrogens is 342 g/mol. The molecule has 0 saturated heterocycles. The van der Waals surface area contributed by atoms with Crippen LogP contribution >= 0.6 is 0 Å². The maximum Gasteiger partial charge on any atom is 0.118 e. The average Bonchev–Trinajstić information content (AvgIpc) is 2.74. The Morgan fingerprint density at radius 3 is 2.00 bits per heavy atom. The van der Waals surface area contributed by atoms with E-state index in [-0.39, 0.29) is 0 Å². The third-order valence-electron chi connectivity index (χ3n) is 5.46. The van der Waals surface area contributed by atoms with Gasteiger partial charge in [-0.15, -0.1) is 0 Å². The summed E-state index contributed by atoms with van der Waals surface area (Å²) in [6.45, 7) is 2.03. The van der Waals surface area contributed by atoms with Gasteiger partial charge in [-0.1, -0.05) is 60.7 Å². The second kappa shape index (κ2) is 8.45. The fraction of sp³-hybridized carbons (Fsp3) is 0.231. The smallest absolute Gasteiger partial charge is 0.118 e. The van der Waals surface area contributed by atoms with Crippen LogP contribution < -0.4 is 4.74 Å². The van der Waals surface area contributed by atoms with Crippen LogP contribution in [-0.2, 0) is 13.0 Å². The molecule has 0 N–H and O–H groups in total. The molecule has 4 rings (SSSR count). The van der Waals surface area contributed by atoms with Crippen LogP contribution in [-0.4, -0.2) is 25.6 Å². The maximum atomic E-state index is 5.24.